The molecule has 0 unspecified atom stereocenters. The lowest BCUT2D eigenvalue weighted by Gasteiger charge is -2.21. The van der Waals surface area contributed by atoms with E-state index in [9.17, 15) is 0 Å². The summed E-state index contributed by atoms with van der Waals surface area (Å²) >= 11 is 0. The fraction of sp³-hybridized carbons (Fsp3) is 0. The normalized spacial score (nSPS) is 10.9. The number of rotatable bonds is 5. The van der Waals surface area contributed by atoms with Gasteiger partial charge in [0.05, 0.1) is 0 Å². The maximum absolute atomic E-state index is 3.69. The summed E-state index contributed by atoms with van der Waals surface area (Å²) in [5, 5.41) is 12.3. The zero-order valence-electron chi connectivity index (χ0n) is 18.7. The summed E-state index contributed by atoms with van der Waals surface area (Å²) in [6.45, 7) is 0. The first-order valence-electron chi connectivity index (χ1n) is 11.5. The Morgan fingerprint density at radius 3 is 1.15 bits per heavy atom. The van der Waals surface area contributed by atoms with E-state index in [-0.39, 0.29) is 0 Å². The van der Waals surface area contributed by atoms with E-state index in [2.05, 4.69) is 132 Å². The number of hydrogen-bond donors (Lipinski definition) is 2. The lowest BCUT2D eigenvalue weighted by atomic mass is 9.90. The summed E-state index contributed by atoms with van der Waals surface area (Å²) in [6, 6.07) is 46.7. The van der Waals surface area contributed by atoms with Crippen molar-refractivity contribution in [2.45, 2.75) is 0 Å². The molecule has 6 aromatic rings. The van der Waals surface area contributed by atoms with Crippen LogP contribution in [0, 0.1) is 0 Å². The fourth-order valence-corrected chi connectivity index (χ4v) is 4.64. The van der Waals surface area contributed by atoms with Crippen LogP contribution >= 0.6 is 0 Å². The van der Waals surface area contributed by atoms with Gasteiger partial charge in [0.15, 0.2) is 0 Å². The summed E-state index contributed by atoms with van der Waals surface area (Å²) in [5.41, 5.74) is 6.68. The molecule has 2 nitrogen and oxygen atoms in total. The molecule has 0 heterocycles. The van der Waals surface area contributed by atoms with E-state index in [0.29, 0.717) is 0 Å². The molecule has 0 aromatic heterocycles. The molecule has 0 bridgehead atoms. The van der Waals surface area contributed by atoms with E-state index in [0.717, 1.165) is 22.7 Å². The third-order valence-corrected chi connectivity index (χ3v) is 6.21. The smallest absolute Gasteiger partial charge is 0.0471 e. The van der Waals surface area contributed by atoms with Crippen LogP contribution in [0.1, 0.15) is 0 Å². The van der Waals surface area contributed by atoms with Crippen molar-refractivity contribution in [3.8, 4) is 11.1 Å². The molecule has 6 aromatic carbocycles. The standard InChI is InChI=1S/C32H24N2/c1-3-13-25(14-4-1)33-29-21-19-23-11-7-9-17-27(23)31(29)32-28-18-10-8-12-24(28)20-22-30(32)34-26-15-5-2-6-16-26/h1-22,33-34H. The van der Waals surface area contributed by atoms with Crippen molar-refractivity contribution < 1.29 is 0 Å². The Kier molecular flexibility index (Phi) is 5.17. The van der Waals surface area contributed by atoms with E-state index in [1.807, 2.05) is 12.1 Å². The highest BCUT2D eigenvalue weighted by Gasteiger charge is 2.17. The summed E-state index contributed by atoms with van der Waals surface area (Å²) in [5.74, 6) is 0. The molecule has 6 rings (SSSR count). The number of hydrogen-bond acceptors (Lipinski definition) is 2. The van der Waals surface area contributed by atoms with E-state index in [1.165, 1.54) is 32.7 Å². The molecular weight excluding hydrogens is 412 g/mol. The third-order valence-electron chi connectivity index (χ3n) is 6.21. The van der Waals surface area contributed by atoms with Gasteiger partial charge in [0.1, 0.15) is 0 Å². The summed E-state index contributed by atoms with van der Waals surface area (Å²) in [6.07, 6.45) is 0. The molecule has 2 heteroatoms. The maximum atomic E-state index is 3.69. The van der Waals surface area contributed by atoms with Crippen molar-refractivity contribution >= 4 is 44.3 Å². The number of para-hydroxylation sites is 2. The Morgan fingerprint density at radius 2 is 0.706 bits per heavy atom. The third kappa shape index (κ3) is 3.76. The zero-order valence-corrected chi connectivity index (χ0v) is 18.7. The minimum atomic E-state index is 1.07. The molecule has 0 radical (unpaired) electrons. The molecule has 0 fully saturated rings. The fourth-order valence-electron chi connectivity index (χ4n) is 4.64. The number of anilines is 4. The van der Waals surface area contributed by atoms with Gasteiger partial charge in [0, 0.05) is 33.9 Å². The van der Waals surface area contributed by atoms with Gasteiger partial charge in [-0.1, -0.05) is 97.1 Å². The van der Waals surface area contributed by atoms with E-state index < -0.39 is 0 Å². The topological polar surface area (TPSA) is 24.1 Å². The largest absolute Gasteiger partial charge is 0.355 e. The van der Waals surface area contributed by atoms with Crippen LogP contribution in [0.2, 0.25) is 0 Å². The highest BCUT2D eigenvalue weighted by atomic mass is 14.9. The quantitative estimate of drug-likeness (QED) is 0.281. The number of benzene rings is 6. The lowest BCUT2D eigenvalue weighted by molar-refractivity contribution is 1.54. The van der Waals surface area contributed by atoms with Crippen LogP contribution in [0.15, 0.2) is 133 Å². The Bertz CT molecular complexity index is 1470. The molecular formula is C32H24N2. The van der Waals surface area contributed by atoms with Crippen LogP contribution in [0.25, 0.3) is 32.7 Å². The van der Waals surface area contributed by atoms with Gasteiger partial charge in [-0.2, -0.15) is 0 Å². The van der Waals surface area contributed by atoms with Crippen LogP contribution in [0.5, 0.6) is 0 Å². The summed E-state index contributed by atoms with van der Waals surface area (Å²) in [4.78, 5) is 0. The molecule has 0 aliphatic carbocycles. The monoisotopic (exact) mass is 436 g/mol. The van der Waals surface area contributed by atoms with E-state index >= 15 is 0 Å². The van der Waals surface area contributed by atoms with Crippen molar-refractivity contribution in [1.29, 1.82) is 0 Å². The van der Waals surface area contributed by atoms with Crippen LogP contribution in [0.3, 0.4) is 0 Å². The minimum absolute atomic E-state index is 1.07. The van der Waals surface area contributed by atoms with Crippen molar-refractivity contribution in [3.63, 3.8) is 0 Å². The van der Waals surface area contributed by atoms with Crippen molar-refractivity contribution in [1.82, 2.24) is 0 Å². The molecule has 162 valence electrons. The van der Waals surface area contributed by atoms with Crippen LogP contribution in [-0.2, 0) is 0 Å². The molecule has 2 N–H and O–H groups in total. The predicted molar refractivity (Wildman–Crippen MR) is 146 cm³/mol. The van der Waals surface area contributed by atoms with Gasteiger partial charge < -0.3 is 10.6 Å². The molecule has 0 saturated heterocycles. The Hall–Kier alpha value is -4.56. The van der Waals surface area contributed by atoms with Gasteiger partial charge in [0.2, 0.25) is 0 Å². The average molecular weight is 437 g/mol. The van der Waals surface area contributed by atoms with Crippen LogP contribution < -0.4 is 10.6 Å². The first kappa shape index (κ1) is 20.1. The Labute approximate surface area is 199 Å². The second kappa shape index (κ2) is 8.76. The van der Waals surface area contributed by atoms with E-state index in [4.69, 9.17) is 0 Å². The molecule has 0 aliphatic rings. The van der Waals surface area contributed by atoms with Gasteiger partial charge in [-0.15, -0.1) is 0 Å². The summed E-state index contributed by atoms with van der Waals surface area (Å²) in [7, 11) is 0. The van der Waals surface area contributed by atoms with E-state index in [1.54, 1.807) is 0 Å². The van der Waals surface area contributed by atoms with Crippen molar-refractivity contribution in [2.24, 2.45) is 0 Å². The Morgan fingerprint density at radius 1 is 0.324 bits per heavy atom. The molecule has 0 spiro atoms. The highest BCUT2D eigenvalue weighted by molar-refractivity contribution is 6.14. The minimum Gasteiger partial charge on any atom is -0.355 e. The lowest BCUT2D eigenvalue weighted by Crippen LogP contribution is -1.99. The van der Waals surface area contributed by atoms with Gasteiger partial charge in [0.25, 0.3) is 0 Å². The molecule has 0 saturated carbocycles. The van der Waals surface area contributed by atoms with Gasteiger partial charge in [-0.3, -0.25) is 0 Å². The predicted octanol–water partition coefficient (Wildman–Crippen LogP) is 9.15. The zero-order chi connectivity index (χ0) is 22.7. The van der Waals surface area contributed by atoms with Crippen LogP contribution in [-0.4, -0.2) is 0 Å². The summed E-state index contributed by atoms with van der Waals surface area (Å²) < 4.78 is 0. The van der Waals surface area contributed by atoms with Crippen molar-refractivity contribution in [3.05, 3.63) is 133 Å². The first-order chi connectivity index (χ1) is 16.9. The first-order valence-corrected chi connectivity index (χ1v) is 11.5. The van der Waals surface area contributed by atoms with Crippen LogP contribution in [0.4, 0.5) is 22.7 Å². The molecule has 0 amide bonds. The van der Waals surface area contributed by atoms with Gasteiger partial charge >= 0.3 is 0 Å². The molecule has 0 atom stereocenters. The average Bonchev–Trinajstić information content (AvgIpc) is 2.90. The number of fused-ring (bicyclic) bond motifs is 2. The van der Waals surface area contributed by atoms with Gasteiger partial charge in [-0.25, -0.2) is 0 Å². The maximum Gasteiger partial charge on any atom is 0.0471 e. The Balaban J connectivity index is 1.66. The van der Waals surface area contributed by atoms with Crippen molar-refractivity contribution in [2.75, 3.05) is 10.6 Å². The highest BCUT2D eigenvalue weighted by Crippen LogP contribution is 2.44. The molecule has 34 heavy (non-hydrogen) atoms. The number of nitrogens with one attached hydrogen (secondary N) is 2. The SMILES string of the molecule is c1ccc(Nc2ccc3ccccc3c2-c2c(Nc3ccccc3)ccc3ccccc23)cc1. The van der Waals surface area contributed by atoms with Gasteiger partial charge in [-0.05, 0) is 57.9 Å². The second-order valence-corrected chi connectivity index (χ2v) is 8.40. The molecule has 0 aliphatic heterocycles. The second-order valence-electron chi connectivity index (χ2n) is 8.40.